The molecule has 1 amide bonds. The smallest absolute Gasteiger partial charge is 0.335 e. The van der Waals surface area contributed by atoms with E-state index >= 15 is 0 Å². The zero-order valence-corrected chi connectivity index (χ0v) is 21.6. The number of hydrogen-bond acceptors (Lipinski definition) is 5. The molecule has 1 aliphatic rings. The van der Waals surface area contributed by atoms with E-state index in [4.69, 9.17) is 30.9 Å². The van der Waals surface area contributed by atoms with Crippen molar-refractivity contribution in [1.82, 2.24) is 4.57 Å². The first-order chi connectivity index (χ1) is 18.4. The Balaban J connectivity index is 0.000000283. The van der Waals surface area contributed by atoms with Gasteiger partial charge in [-0.1, -0.05) is 23.7 Å². The summed E-state index contributed by atoms with van der Waals surface area (Å²) in [5.74, 6) is 0.310. The molecule has 0 saturated carbocycles. The van der Waals surface area contributed by atoms with Crippen LogP contribution in [0.3, 0.4) is 0 Å². The predicted octanol–water partition coefficient (Wildman–Crippen LogP) is 6.13. The van der Waals surface area contributed by atoms with E-state index in [0.29, 0.717) is 17.3 Å². The van der Waals surface area contributed by atoms with Gasteiger partial charge in [-0.05, 0) is 66.7 Å². The summed E-state index contributed by atoms with van der Waals surface area (Å²) in [6.07, 6.45) is 1.65. The summed E-state index contributed by atoms with van der Waals surface area (Å²) in [5, 5.41) is 12.4. The third-order valence-corrected chi connectivity index (χ3v) is 6.16. The van der Waals surface area contributed by atoms with Crippen molar-refractivity contribution in [3.63, 3.8) is 0 Å². The number of nitrogens with zero attached hydrogens (tertiary/aromatic N) is 1. The summed E-state index contributed by atoms with van der Waals surface area (Å²) in [6.45, 7) is 0.350. The molecule has 2 N–H and O–H groups in total. The number of aromatic carboxylic acids is 1. The Morgan fingerprint density at radius 1 is 1.00 bits per heavy atom. The summed E-state index contributed by atoms with van der Waals surface area (Å²) < 4.78 is 18.0. The monoisotopic (exact) mass is 534 g/mol. The predicted molar refractivity (Wildman–Crippen MR) is 145 cm³/mol. The number of amides is 1. The molecule has 9 heteroatoms. The lowest BCUT2D eigenvalue weighted by molar-refractivity contribution is -0.119. The number of anilines is 1. The fraction of sp³-hybridized carbons (Fsp3) is 0.172. The molecular weight excluding hydrogens is 508 g/mol. The minimum atomic E-state index is -1.01. The van der Waals surface area contributed by atoms with Gasteiger partial charge in [-0.3, -0.25) is 4.79 Å². The molecule has 3 aromatic carbocycles. The molecule has 0 aliphatic carbocycles. The largest absolute Gasteiger partial charge is 0.493 e. The van der Waals surface area contributed by atoms with Gasteiger partial charge in [-0.15, -0.1) is 0 Å². The Hall–Kier alpha value is -4.27. The van der Waals surface area contributed by atoms with E-state index in [1.54, 1.807) is 26.4 Å². The summed E-state index contributed by atoms with van der Waals surface area (Å²) >= 11 is 6.11. The zero-order valence-electron chi connectivity index (χ0n) is 20.9. The molecule has 0 spiro atoms. The number of nitrogens with one attached hydrogen (secondary N) is 1. The second-order valence-corrected chi connectivity index (χ2v) is 8.80. The maximum Gasteiger partial charge on any atom is 0.335 e. The van der Waals surface area contributed by atoms with Gasteiger partial charge in [-0.2, -0.15) is 0 Å². The normalized spacial score (nSPS) is 13.6. The van der Waals surface area contributed by atoms with Crippen LogP contribution in [0.5, 0.6) is 11.5 Å². The van der Waals surface area contributed by atoms with E-state index in [1.807, 2.05) is 65.4 Å². The number of carboxylic acids is 1. The summed E-state index contributed by atoms with van der Waals surface area (Å²) in [5.41, 5.74) is 3.53. The standard InChI is InChI=1S/C21H17ClN2O4.C8H10O2/c22-15-5-8-17-14(10-15)12-28-19(18-2-1-9-24(17)18)11-20(25)23-16-6-3-13(4-7-16)21(26)27;1-9-7-5-3-4-6-8(7)10-2/h1-10,19H,11-12H2,(H,23,25)(H,26,27);3-6H,1-2H3. The van der Waals surface area contributed by atoms with Gasteiger partial charge < -0.3 is 29.2 Å². The van der Waals surface area contributed by atoms with Gasteiger partial charge >= 0.3 is 5.97 Å². The number of ether oxygens (including phenoxy) is 3. The number of carbonyl (C=O) groups is 2. The summed E-state index contributed by atoms with van der Waals surface area (Å²) in [6, 6.07) is 23.0. The van der Waals surface area contributed by atoms with Crippen LogP contribution in [0, 0.1) is 0 Å². The van der Waals surface area contributed by atoms with Gasteiger partial charge in [0.15, 0.2) is 11.5 Å². The lowest BCUT2D eigenvalue weighted by Gasteiger charge is -2.16. The molecule has 0 fully saturated rings. The number of carboxylic acid groups (broad SMARTS) is 1. The van der Waals surface area contributed by atoms with E-state index in [-0.39, 0.29) is 17.9 Å². The van der Waals surface area contributed by atoms with E-state index in [9.17, 15) is 9.59 Å². The Bertz CT molecular complexity index is 1390. The number of benzene rings is 3. The lowest BCUT2D eigenvalue weighted by atomic mass is 10.1. The zero-order chi connectivity index (χ0) is 27.1. The Morgan fingerprint density at radius 2 is 1.68 bits per heavy atom. The van der Waals surface area contributed by atoms with E-state index in [1.165, 1.54) is 12.1 Å². The molecule has 4 aromatic rings. The van der Waals surface area contributed by atoms with E-state index in [0.717, 1.165) is 28.4 Å². The topological polar surface area (TPSA) is 99.0 Å². The average molecular weight is 535 g/mol. The summed E-state index contributed by atoms with van der Waals surface area (Å²) in [4.78, 5) is 23.5. The van der Waals surface area contributed by atoms with Crippen molar-refractivity contribution < 1.29 is 28.9 Å². The minimum absolute atomic E-state index is 0.131. The average Bonchev–Trinajstić information content (AvgIpc) is 3.36. The number of methoxy groups -OCH3 is 2. The molecule has 5 rings (SSSR count). The Labute approximate surface area is 225 Å². The second-order valence-electron chi connectivity index (χ2n) is 8.37. The molecule has 0 saturated heterocycles. The molecule has 8 nitrogen and oxygen atoms in total. The molecule has 1 aliphatic heterocycles. The van der Waals surface area contributed by atoms with Crippen molar-refractivity contribution in [2.75, 3.05) is 19.5 Å². The van der Waals surface area contributed by atoms with Crippen LogP contribution in [-0.2, 0) is 16.1 Å². The number of hydrogen-bond donors (Lipinski definition) is 2. The molecule has 0 bridgehead atoms. The molecular formula is C29H27ClN2O6. The van der Waals surface area contributed by atoms with Crippen molar-refractivity contribution in [3.8, 4) is 17.2 Å². The van der Waals surface area contributed by atoms with Crippen LogP contribution in [0.4, 0.5) is 5.69 Å². The molecule has 1 aromatic heterocycles. The first-order valence-electron chi connectivity index (χ1n) is 11.8. The van der Waals surface area contributed by atoms with Crippen LogP contribution < -0.4 is 14.8 Å². The lowest BCUT2D eigenvalue weighted by Crippen LogP contribution is -2.18. The van der Waals surface area contributed by atoms with Crippen LogP contribution in [0.2, 0.25) is 5.02 Å². The van der Waals surface area contributed by atoms with Gasteiger partial charge in [-0.25, -0.2) is 4.79 Å². The number of carbonyl (C=O) groups excluding carboxylic acids is 1. The van der Waals surface area contributed by atoms with Crippen molar-refractivity contribution in [2.24, 2.45) is 0 Å². The van der Waals surface area contributed by atoms with E-state index < -0.39 is 12.1 Å². The second kappa shape index (κ2) is 12.3. The van der Waals surface area contributed by atoms with Crippen molar-refractivity contribution in [3.05, 3.63) is 107 Å². The van der Waals surface area contributed by atoms with Gasteiger partial charge in [0.05, 0.1) is 44.2 Å². The quantitative estimate of drug-likeness (QED) is 0.308. The number of aromatic nitrogens is 1. The van der Waals surface area contributed by atoms with Crippen LogP contribution in [0.25, 0.3) is 5.69 Å². The maximum absolute atomic E-state index is 12.5. The van der Waals surface area contributed by atoms with Crippen LogP contribution in [0.15, 0.2) is 85.1 Å². The molecule has 1 unspecified atom stereocenters. The first-order valence-corrected chi connectivity index (χ1v) is 12.1. The molecule has 0 radical (unpaired) electrons. The van der Waals surface area contributed by atoms with E-state index in [2.05, 4.69) is 5.32 Å². The highest BCUT2D eigenvalue weighted by Crippen LogP contribution is 2.33. The first kappa shape index (κ1) is 26.8. The number of rotatable bonds is 6. The van der Waals surface area contributed by atoms with Crippen molar-refractivity contribution >= 4 is 29.2 Å². The molecule has 38 heavy (non-hydrogen) atoms. The van der Waals surface area contributed by atoms with Crippen LogP contribution in [-0.4, -0.2) is 35.8 Å². The number of halogens is 1. The molecule has 2 heterocycles. The third-order valence-electron chi connectivity index (χ3n) is 5.93. The minimum Gasteiger partial charge on any atom is -0.493 e. The number of fused-ring (bicyclic) bond motifs is 3. The van der Waals surface area contributed by atoms with Crippen molar-refractivity contribution in [1.29, 1.82) is 0 Å². The number of para-hydroxylation sites is 2. The fourth-order valence-electron chi connectivity index (χ4n) is 4.08. The highest BCUT2D eigenvalue weighted by molar-refractivity contribution is 6.30. The Kier molecular flexibility index (Phi) is 8.68. The maximum atomic E-state index is 12.5. The molecule has 196 valence electrons. The van der Waals surface area contributed by atoms with Gasteiger partial charge in [0.25, 0.3) is 0 Å². The van der Waals surface area contributed by atoms with Gasteiger partial charge in [0.1, 0.15) is 6.10 Å². The highest BCUT2D eigenvalue weighted by atomic mass is 35.5. The highest BCUT2D eigenvalue weighted by Gasteiger charge is 2.25. The van der Waals surface area contributed by atoms with Crippen molar-refractivity contribution in [2.45, 2.75) is 19.1 Å². The fourth-order valence-corrected chi connectivity index (χ4v) is 4.28. The molecule has 1 atom stereocenters. The SMILES string of the molecule is COc1ccccc1OC.O=C(CC1OCc2cc(Cl)ccc2-n2cccc21)Nc1ccc(C(=O)O)cc1. The van der Waals surface area contributed by atoms with Crippen LogP contribution >= 0.6 is 11.6 Å². The van der Waals surface area contributed by atoms with Gasteiger partial charge in [0, 0.05) is 22.5 Å². The Morgan fingerprint density at radius 3 is 2.32 bits per heavy atom. The van der Waals surface area contributed by atoms with Crippen LogP contribution in [0.1, 0.15) is 34.1 Å². The van der Waals surface area contributed by atoms with Gasteiger partial charge in [0.2, 0.25) is 5.91 Å². The third kappa shape index (κ3) is 6.34. The summed E-state index contributed by atoms with van der Waals surface area (Å²) in [7, 11) is 3.25.